The summed E-state index contributed by atoms with van der Waals surface area (Å²) >= 11 is 0. The summed E-state index contributed by atoms with van der Waals surface area (Å²) in [5.74, 6) is 2.71. The molecule has 1 aliphatic heterocycles. The number of nitrogens with one attached hydrogen (secondary N) is 1. The minimum Gasteiger partial charge on any atom is -0.364 e. The number of hydrogen-bond donors (Lipinski definition) is 1. The van der Waals surface area contributed by atoms with Gasteiger partial charge in [-0.2, -0.15) is 0 Å². The quantitative estimate of drug-likeness (QED) is 0.393. The second-order valence-corrected chi connectivity index (χ2v) is 6.15. The fourth-order valence-electron chi connectivity index (χ4n) is 2.83. The highest BCUT2D eigenvalue weighted by molar-refractivity contribution is 14.0. The van der Waals surface area contributed by atoms with Gasteiger partial charge in [0, 0.05) is 52.4 Å². The van der Waals surface area contributed by atoms with Gasteiger partial charge in [0.25, 0.3) is 0 Å². The van der Waals surface area contributed by atoms with Gasteiger partial charge in [-0.3, -0.25) is 4.90 Å². The van der Waals surface area contributed by atoms with Gasteiger partial charge in [-0.05, 0) is 13.8 Å². The number of guanidine groups is 1. The van der Waals surface area contributed by atoms with E-state index in [9.17, 15) is 0 Å². The first-order valence-electron chi connectivity index (χ1n) is 8.67. The molecule has 0 aliphatic carbocycles. The van der Waals surface area contributed by atoms with E-state index in [1.165, 1.54) is 0 Å². The van der Waals surface area contributed by atoms with Crippen LogP contribution >= 0.6 is 24.0 Å². The Morgan fingerprint density at radius 3 is 2.62 bits per heavy atom. The van der Waals surface area contributed by atoms with Crippen LogP contribution in [0.25, 0.3) is 0 Å². The molecule has 2 aromatic rings. The molecule has 0 amide bonds. The van der Waals surface area contributed by atoms with Crippen molar-refractivity contribution in [3.05, 3.63) is 29.7 Å². The number of piperazine rings is 1. The van der Waals surface area contributed by atoms with Crippen LogP contribution in [0.5, 0.6) is 0 Å². The summed E-state index contributed by atoms with van der Waals surface area (Å²) < 4.78 is 6.88. The lowest BCUT2D eigenvalue weighted by atomic mass is 10.3. The van der Waals surface area contributed by atoms with Gasteiger partial charge in [-0.1, -0.05) is 5.16 Å². The van der Waals surface area contributed by atoms with Gasteiger partial charge >= 0.3 is 0 Å². The predicted molar refractivity (Wildman–Crippen MR) is 109 cm³/mol. The maximum atomic E-state index is 4.90. The molecule has 0 radical (unpaired) electrons. The number of hydrogen-bond acceptors (Lipinski definition) is 6. The monoisotopic (exact) mass is 474 g/mol. The minimum absolute atomic E-state index is 0. The van der Waals surface area contributed by atoms with Gasteiger partial charge in [0.15, 0.2) is 11.8 Å². The smallest absolute Gasteiger partial charge is 0.194 e. The molecule has 144 valence electrons. The van der Waals surface area contributed by atoms with Crippen molar-refractivity contribution in [1.29, 1.82) is 0 Å². The fraction of sp³-hybridized carbons (Fsp3) is 0.625. The molecule has 10 heteroatoms. The number of aliphatic imine (C=N–C) groups is 1. The van der Waals surface area contributed by atoms with Gasteiger partial charge < -0.3 is 19.3 Å². The van der Waals surface area contributed by atoms with Crippen molar-refractivity contribution in [2.24, 2.45) is 12.0 Å². The number of rotatable bonds is 5. The zero-order valence-electron chi connectivity index (χ0n) is 15.6. The van der Waals surface area contributed by atoms with E-state index in [-0.39, 0.29) is 24.0 Å². The van der Waals surface area contributed by atoms with E-state index in [0.717, 1.165) is 62.6 Å². The summed E-state index contributed by atoms with van der Waals surface area (Å²) in [5.41, 5.74) is 0.978. The first kappa shape index (κ1) is 20.6. The van der Waals surface area contributed by atoms with E-state index in [1.807, 2.05) is 24.6 Å². The van der Waals surface area contributed by atoms with Crippen molar-refractivity contribution in [3.8, 4) is 0 Å². The highest BCUT2D eigenvalue weighted by Gasteiger charge is 2.20. The van der Waals surface area contributed by atoms with Crippen LogP contribution < -0.4 is 5.32 Å². The zero-order chi connectivity index (χ0) is 17.6. The summed E-state index contributed by atoms with van der Waals surface area (Å²) in [6.45, 7) is 10.0. The van der Waals surface area contributed by atoms with E-state index in [1.54, 1.807) is 6.26 Å². The number of aromatic nitrogens is 4. The van der Waals surface area contributed by atoms with E-state index < -0.39 is 0 Å². The molecule has 1 aliphatic rings. The third kappa shape index (κ3) is 5.16. The molecule has 2 aromatic heterocycles. The molecule has 0 spiro atoms. The Balaban J connectivity index is 0.00000243. The van der Waals surface area contributed by atoms with E-state index in [2.05, 4.69) is 37.4 Å². The summed E-state index contributed by atoms with van der Waals surface area (Å²) in [4.78, 5) is 9.42. The second-order valence-electron chi connectivity index (χ2n) is 6.15. The van der Waals surface area contributed by atoms with E-state index >= 15 is 0 Å². The topological polar surface area (TPSA) is 87.6 Å². The lowest BCUT2D eigenvalue weighted by molar-refractivity contribution is 0.169. The Hall–Kier alpha value is -1.69. The Labute approximate surface area is 170 Å². The molecule has 0 bridgehead atoms. The van der Waals surface area contributed by atoms with Crippen LogP contribution in [-0.2, 0) is 20.1 Å². The standard InChI is InChI=1S/C16H26N8O.HI/c1-4-17-16(18-11-15-20-19-13(2)22(15)3)24-8-6-23(7-9-24)12-14-5-10-25-21-14;/h5,10H,4,6-9,11-12H2,1-3H3,(H,17,18);1H. The number of aryl methyl sites for hydroxylation is 1. The zero-order valence-corrected chi connectivity index (χ0v) is 17.9. The lowest BCUT2D eigenvalue weighted by Crippen LogP contribution is -2.52. The van der Waals surface area contributed by atoms with Crippen molar-refractivity contribution in [3.63, 3.8) is 0 Å². The average Bonchev–Trinajstić information content (AvgIpc) is 3.24. The molecule has 26 heavy (non-hydrogen) atoms. The van der Waals surface area contributed by atoms with E-state index in [0.29, 0.717) is 6.54 Å². The molecule has 0 aromatic carbocycles. The minimum atomic E-state index is 0. The molecule has 9 nitrogen and oxygen atoms in total. The lowest BCUT2D eigenvalue weighted by Gasteiger charge is -2.36. The van der Waals surface area contributed by atoms with Crippen molar-refractivity contribution in [2.45, 2.75) is 26.9 Å². The third-order valence-corrected chi connectivity index (χ3v) is 4.44. The Kier molecular flexibility index (Phi) is 7.82. The Bertz CT molecular complexity index is 691. The Morgan fingerprint density at radius 1 is 1.27 bits per heavy atom. The van der Waals surface area contributed by atoms with Gasteiger partial charge in [0.2, 0.25) is 0 Å². The predicted octanol–water partition coefficient (Wildman–Crippen LogP) is 1.01. The summed E-state index contributed by atoms with van der Waals surface area (Å²) in [6, 6.07) is 1.92. The van der Waals surface area contributed by atoms with Crippen LogP contribution in [0.15, 0.2) is 21.8 Å². The average molecular weight is 474 g/mol. The van der Waals surface area contributed by atoms with E-state index in [4.69, 9.17) is 9.52 Å². The highest BCUT2D eigenvalue weighted by atomic mass is 127. The molecule has 3 rings (SSSR count). The summed E-state index contributed by atoms with van der Waals surface area (Å²) in [5, 5.41) is 15.6. The molecule has 0 unspecified atom stereocenters. The van der Waals surface area contributed by atoms with Crippen LogP contribution in [0.4, 0.5) is 0 Å². The third-order valence-electron chi connectivity index (χ3n) is 4.44. The molecule has 0 atom stereocenters. The summed E-state index contributed by atoms with van der Waals surface area (Å²) in [6.07, 6.45) is 1.62. The molecule has 1 fully saturated rings. The van der Waals surface area contributed by atoms with Crippen molar-refractivity contribution in [2.75, 3.05) is 32.7 Å². The van der Waals surface area contributed by atoms with Gasteiger partial charge in [-0.15, -0.1) is 34.2 Å². The van der Waals surface area contributed by atoms with Crippen molar-refractivity contribution >= 4 is 29.9 Å². The van der Waals surface area contributed by atoms with Crippen LogP contribution in [0.1, 0.15) is 24.3 Å². The second kappa shape index (κ2) is 9.86. The van der Waals surface area contributed by atoms with Gasteiger partial charge in [0.1, 0.15) is 18.6 Å². The molecule has 1 N–H and O–H groups in total. The van der Waals surface area contributed by atoms with Crippen molar-refractivity contribution in [1.82, 2.24) is 35.0 Å². The molecular formula is C16H27IN8O. The molecular weight excluding hydrogens is 447 g/mol. The van der Waals surface area contributed by atoms with Crippen LogP contribution in [0, 0.1) is 6.92 Å². The SMILES string of the molecule is CCNC(=NCc1nnc(C)n1C)N1CCN(Cc2ccon2)CC1.I. The molecule has 1 saturated heterocycles. The maximum absolute atomic E-state index is 4.90. The van der Waals surface area contributed by atoms with Crippen LogP contribution in [-0.4, -0.2) is 68.4 Å². The largest absolute Gasteiger partial charge is 0.364 e. The fourth-order valence-corrected chi connectivity index (χ4v) is 2.83. The van der Waals surface area contributed by atoms with Gasteiger partial charge in [0.05, 0.1) is 5.69 Å². The number of nitrogens with zero attached hydrogens (tertiary/aromatic N) is 7. The molecule has 0 saturated carbocycles. The van der Waals surface area contributed by atoms with Gasteiger partial charge in [-0.25, -0.2) is 4.99 Å². The summed E-state index contributed by atoms with van der Waals surface area (Å²) in [7, 11) is 1.97. The normalized spacial score (nSPS) is 15.8. The Morgan fingerprint density at radius 2 is 2.04 bits per heavy atom. The van der Waals surface area contributed by atoms with Crippen LogP contribution in [0.3, 0.4) is 0 Å². The number of halogens is 1. The molecule has 3 heterocycles. The first-order valence-corrected chi connectivity index (χ1v) is 8.67. The van der Waals surface area contributed by atoms with Crippen LogP contribution in [0.2, 0.25) is 0 Å². The first-order chi connectivity index (χ1) is 12.2. The maximum Gasteiger partial charge on any atom is 0.194 e. The highest BCUT2D eigenvalue weighted by Crippen LogP contribution is 2.08. The van der Waals surface area contributed by atoms with Crippen molar-refractivity contribution < 1.29 is 4.52 Å².